The Labute approximate surface area is 303 Å². The van der Waals surface area contributed by atoms with Gasteiger partial charge in [0.2, 0.25) is 0 Å². The van der Waals surface area contributed by atoms with Crippen molar-refractivity contribution in [3.63, 3.8) is 0 Å². The summed E-state index contributed by atoms with van der Waals surface area (Å²) in [6, 6.07) is 7.81. The number of unbranched alkanes of at least 4 members (excludes halogenated alkanes) is 1. The number of benzene rings is 1. The first-order valence-electron chi connectivity index (χ1n) is 18.9. The van der Waals surface area contributed by atoms with Crippen LogP contribution in [0.15, 0.2) is 24.3 Å². The van der Waals surface area contributed by atoms with E-state index < -0.39 is 10.8 Å². The lowest BCUT2D eigenvalue weighted by molar-refractivity contribution is -0.167. The Morgan fingerprint density at radius 2 is 1.37 bits per heavy atom. The average Bonchev–Trinajstić information content (AvgIpc) is 3.02. The van der Waals surface area contributed by atoms with Gasteiger partial charge in [-0.15, -0.1) is 0 Å². The zero-order chi connectivity index (χ0) is 37.9. The van der Waals surface area contributed by atoms with E-state index in [1.807, 2.05) is 38.1 Å². The molecule has 1 rings (SSSR count). The van der Waals surface area contributed by atoms with Crippen LogP contribution >= 0.6 is 0 Å². The molecule has 8 heteroatoms. The van der Waals surface area contributed by atoms with Crippen molar-refractivity contribution in [3.05, 3.63) is 29.8 Å². The third-order valence-electron chi connectivity index (χ3n) is 11.5. The fourth-order valence-corrected chi connectivity index (χ4v) is 5.48. The highest BCUT2D eigenvalue weighted by molar-refractivity contribution is 6.33. The molecule has 0 aromatic heterocycles. The van der Waals surface area contributed by atoms with Crippen LogP contribution in [-0.4, -0.2) is 59.2 Å². The van der Waals surface area contributed by atoms with Gasteiger partial charge in [0.1, 0.15) is 7.85 Å². The first kappa shape index (κ1) is 47.1. The summed E-state index contributed by atoms with van der Waals surface area (Å²) < 4.78 is 11.2. The van der Waals surface area contributed by atoms with E-state index in [1.54, 1.807) is 0 Å². The van der Waals surface area contributed by atoms with Crippen LogP contribution in [0.5, 0.6) is 0 Å². The Morgan fingerprint density at radius 3 is 1.88 bits per heavy atom. The number of hydrogen-bond acceptors (Lipinski definition) is 7. The molecule has 0 heterocycles. The minimum Gasteiger partial charge on any atom is -0.465 e. The Bertz CT molecular complexity index is 1080. The van der Waals surface area contributed by atoms with Crippen LogP contribution in [0.3, 0.4) is 0 Å². The lowest BCUT2D eigenvalue weighted by Crippen LogP contribution is -2.47. The molecule has 49 heavy (non-hydrogen) atoms. The summed E-state index contributed by atoms with van der Waals surface area (Å²) >= 11 is 0. The van der Waals surface area contributed by atoms with Gasteiger partial charge < -0.3 is 25.8 Å². The van der Waals surface area contributed by atoms with Crippen molar-refractivity contribution in [1.82, 2.24) is 10.6 Å². The third kappa shape index (κ3) is 15.9. The molecule has 0 bridgehead atoms. The molecule has 0 spiro atoms. The largest absolute Gasteiger partial charge is 0.465 e. The van der Waals surface area contributed by atoms with Gasteiger partial charge in [-0.1, -0.05) is 118 Å². The molecule has 0 aliphatic heterocycles. The quantitative estimate of drug-likeness (QED) is 0.0653. The van der Waals surface area contributed by atoms with Gasteiger partial charge in [-0.05, 0) is 87.3 Å². The number of carbonyl (C=O) groups is 2. The van der Waals surface area contributed by atoms with Crippen LogP contribution in [-0.2, 0) is 25.6 Å². The molecule has 1 aromatic rings. The molecule has 0 amide bonds. The van der Waals surface area contributed by atoms with E-state index in [0.717, 1.165) is 62.9 Å². The zero-order valence-electron chi connectivity index (χ0n) is 34.1. The molecule has 0 aliphatic carbocycles. The van der Waals surface area contributed by atoms with Crippen LogP contribution in [0.1, 0.15) is 141 Å². The number of nitrogens with one attached hydrogen (secondary N) is 2. The Morgan fingerprint density at radius 1 is 0.816 bits per heavy atom. The summed E-state index contributed by atoms with van der Waals surface area (Å²) in [5.74, 6) is 0.411. The summed E-state index contributed by atoms with van der Waals surface area (Å²) in [6.07, 6.45) is 7.11. The van der Waals surface area contributed by atoms with Crippen molar-refractivity contribution in [1.29, 1.82) is 0 Å². The predicted octanol–water partition coefficient (Wildman–Crippen LogP) is 7.73. The van der Waals surface area contributed by atoms with Crippen molar-refractivity contribution >= 4 is 25.2 Å². The van der Waals surface area contributed by atoms with Gasteiger partial charge >= 0.3 is 11.9 Å². The van der Waals surface area contributed by atoms with Crippen molar-refractivity contribution < 1.29 is 19.1 Å². The highest BCUT2D eigenvalue weighted by atomic mass is 16.5. The molecular weight excluding hydrogens is 609 g/mol. The molecule has 0 aliphatic rings. The molecule has 7 nitrogen and oxygen atoms in total. The Hall–Kier alpha value is -1.90. The molecule has 1 aromatic carbocycles. The average molecular weight is 686 g/mol. The van der Waals surface area contributed by atoms with Crippen molar-refractivity contribution in [2.75, 3.05) is 39.4 Å². The first-order valence-corrected chi connectivity index (χ1v) is 18.9. The maximum absolute atomic E-state index is 13.2. The van der Waals surface area contributed by atoms with Crippen molar-refractivity contribution in [2.45, 2.75) is 141 Å². The molecule has 4 N–H and O–H groups in total. The van der Waals surface area contributed by atoms with Crippen LogP contribution < -0.4 is 21.8 Å². The number of esters is 2. The van der Waals surface area contributed by atoms with Crippen molar-refractivity contribution in [3.8, 4) is 0 Å². The standard InChI is InChI=1S/C23H48N2O2.C18H28BNO2/c1-9-11-13-19(3)21(4,5)18-23(8,22(6,7)10-2)20(26)27-17-12-15-25-16-14-24;1-17(2,3)18(4,5)16(21)22-12-8-11-20-13-14-9-6-7-10-15(14)19/h19,25H,9-18,24H2,1-8H3;6-7,9-10,20H,8,11-13H2,1-5H3. The highest BCUT2D eigenvalue weighted by Crippen LogP contribution is 2.52. The van der Waals surface area contributed by atoms with Crippen LogP contribution in [0, 0.1) is 33.0 Å². The van der Waals surface area contributed by atoms with Gasteiger partial charge in [0.25, 0.3) is 0 Å². The fraction of sp³-hybridized carbons (Fsp3) is 0.805. The first-order chi connectivity index (χ1) is 22.6. The number of rotatable bonds is 22. The van der Waals surface area contributed by atoms with Gasteiger partial charge in [0.05, 0.1) is 24.0 Å². The number of ether oxygens (including phenoxy) is 2. The third-order valence-corrected chi connectivity index (χ3v) is 11.5. The molecular formula is C41H76BN3O4. The topological polar surface area (TPSA) is 103 Å². The molecule has 2 atom stereocenters. The summed E-state index contributed by atoms with van der Waals surface area (Å²) in [5.41, 5.74) is 6.26. The fourth-order valence-electron chi connectivity index (χ4n) is 5.48. The van der Waals surface area contributed by atoms with Crippen LogP contribution in [0.2, 0.25) is 0 Å². The maximum Gasteiger partial charge on any atom is 0.312 e. The maximum atomic E-state index is 13.2. The second-order valence-corrected chi connectivity index (χ2v) is 17.0. The minimum atomic E-state index is -0.490. The van der Waals surface area contributed by atoms with E-state index in [1.165, 1.54) is 19.3 Å². The zero-order valence-corrected chi connectivity index (χ0v) is 34.1. The van der Waals surface area contributed by atoms with E-state index in [2.05, 4.69) is 86.8 Å². The Kier molecular flexibility index (Phi) is 21.3. The van der Waals surface area contributed by atoms with Crippen LogP contribution in [0.4, 0.5) is 0 Å². The summed E-state index contributed by atoms with van der Waals surface area (Å²) in [4.78, 5) is 25.4. The molecule has 0 saturated carbocycles. The predicted molar refractivity (Wildman–Crippen MR) is 209 cm³/mol. The molecule has 2 radical (unpaired) electrons. The number of hydrogen-bond donors (Lipinski definition) is 3. The number of nitrogens with two attached hydrogens (primary N) is 1. The molecule has 0 fully saturated rings. The lowest BCUT2D eigenvalue weighted by atomic mass is 9.57. The molecule has 2 unspecified atom stereocenters. The van der Waals surface area contributed by atoms with Gasteiger partial charge in [-0.25, -0.2) is 0 Å². The molecule has 282 valence electrons. The molecule has 0 saturated heterocycles. The van der Waals surface area contributed by atoms with E-state index in [9.17, 15) is 9.59 Å². The van der Waals surface area contributed by atoms with E-state index in [4.69, 9.17) is 23.1 Å². The minimum absolute atomic E-state index is 0.0380. The van der Waals surface area contributed by atoms with Gasteiger partial charge in [-0.3, -0.25) is 9.59 Å². The highest BCUT2D eigenvalue weighted by Gasteiger charge is 2.50. The van der Waals surface area contributed by atoms with Gasteiger partial charge in [0, 0.05) is 19.6 Å². The van der Waals surface area contributed by atoms with Crippen molar-refractivity contribution in [2.24, 2.45) is 38.7 Å². The lowest BCUT2D eigenvalue weighted by Gasteiger charge is -2.47. The Balaban J connectivity index is 0.000000958. The van der Waals surface area contributed by atoms with Gasteiger partial charge in [-0.2, -0.15) is 0 Å². The van der Waals surface area contributed by atoms with E-state index >= 15 is 0 Å². The number of carbonyl (C=O) groups excluding carboxylic acids is 2. The van der Waals surface area contributed by atoms with E-state index in [-0.39, 0.29) is 28.2 Å². The van der Waals surface area contributed by atoms with Crippen LogP contribution in [0.25, 0.3) is 0 Å². The summed E-state index contributed by atoms with van der Waals surface area (Å²) in [5, 5.41) is 6.56. The smallest absolute Gasteiger partial charge is 0.312 e. The van der Waals surface area contributed by atoms with E-state index in [0.29, 0.717) is 25.7 Å². The normalized spacial score (nSPS) is 14.3. The second-order valence-electron chi connectivity index (χ2n) is 17.0. The van der Waals surface area contributed by atoms with Gasteiger partial charge in [0.15, 0.2) is 0 Å². The summed E-state index contributed by atoms with van der Waals surface area (Å²) in [6.45, 7) is 32.7. The monoisotopic (exact) mass is 686 g/mol. The second kappa shape index (κ2) is 22.1. The summed E-state index contributed by atoms with van der Waals surface area (Å²) in [7, 11) is 5.88. The SMILES string of the molecule is CCCCC(C)C(C)(C)CC(C)(C(=O)OCCCNCCN)C(C)(C)CC.[B]c1ccccc1CNCCCOC(=O)C(C)(C)C(C)(C)C.